The third-order valence-corrected chi connectivity index (χ3v) is 2.15. The minimum absolute atomic E-state index is 0.253. The van der Waals surface area contributed by atoms with Crippen LogP contribution in [0.5, 0.6) is 5.88 Å². The molecule has 0 aromatic carbocycles. The van der Waals surface area contributed by atoms with Crippen molar-refractivity contribution in [1.82, 2.24) is 15.0 Å². The molecule has 2 heterocycles. The van der Waals surface area contributed by atoms with Crippen molar-refractivity contribution >= 4 is 11.8 Å². The third kappa shape index (κ3) is 3.04. The summed E-state index contributed by atoms with van der Waals surface area (Å²) >= 11 is 0. The molecule has 2 aromatic heterocycles. The monoisotopic (exact) mass is 231 g/mol. The van der Waals surface area contributed by atoms with Crippen LogP contribution in [0.2, 0.25) is 0 Å². The van der Waals surface area contributed by atoms with Gasteiger partial charge in [-0.25, -0.2) is 9.97 Å². The average Bonchev–Trinajstić information content (AvgIpc) is 2.37. The predicted octanol–water partition coefficient (Wildman–Crippen LogP) is 1.07. The second-order valence-corrected chi connectivity index (χ2v) is 3.36. The van der Waals surface area contributed by atoms with Crippen LogP contribution >= 0.6 is 0 Å². The topological polar surface area (TPSA) is 86.0 Å². The van der Waals surface area contributed by atoms with Crippen molar-refractivity contribution < 1.29 is 4.74 Å². The fourth-order valence-electron chi connectivity index (χ4n) is 1.30. The van der Waals surface area contributed by atoms with Crippen molar-refractivity contribution in [2.75, 3.05) is 18.2 Å². The van der Waals surface area contributed by atoms with E-state index in [-0.39, 0.29) is 5.95 Å². The van der Waals surface area contributed by atoms with Gasteiger partial charge < -0.3 is 15.8 Å². The molecule has 88 valence electrons. The predicted molar refractivity (Wildman–Crippen MR) is 64.6 cm³/mol. The number of nitrogen functional groups attached to an aromatic ring is 1. The van der Waals surface area contributed by atoms with Gasteiger partial charge >= 0.3 is 0 Å². The van der Waals surface area contributed by atoms with Gasteiger partial charge in [-0.2, -0.15) is 4.98 Å². The van der Waals surface area contributed by atoms with E-state index in [1.807, 2.05) is 12.1 Å². The van der Waals surface area contributed by atoms with Crippen LogP contribution in [-0.2, 0) is 6.54 Å². The highest BCUT2D eigenvalue weighted by Gasteiger charge is 1.98. The number of aromatic nitrogens is 3. The lowest BCUT2D eigenvalue weighted by atomic mass is 10.3. The first-order chi connectivity index (χ1) is 8.28. The van der Waals surface area contributed by atoms with Gasteiger partial charge in [-0.3, -0.25) is 0 Å². The molecule has 0 spiro atoms. The Morgan fingerprint density at radius 2 is 2.18 bits per heavy atom. The lowest BCUT2D eigenvalue weighted by Crippen LogP contribution is -2.04. The second-order valence-electron chi connectivity index (χ2n) is 3.36. The van der Waals surface area contributed by atoms with Crippen LogP contribution in [0.25, 0.3) is 0 Å². The highest BCUT2D eigenvalue weighted by molar-refractivity contribution is 5.38. The molecule has 0 fully saturated rings. The number of methoxy groups -OCH3 is 1. The van der Waals surface area contributed by atoms with E-state index in [1.165, 1.54) is 0 Å². The third-order valence-electron chi connectivity index (χ3n) is 2.15. The molecule has 0 bridgehead atoms. The number of ether oxygens (including phenoxy) is 1. The van der Waals surface area contributed by atoms with Gasteiger partial charge in [-0.15, -0.1) is 0 Å². The summed E-state index contributed by atoms with van der Waals surface area (Å²) in [4.78, 5) is 12.0. The number of hydrogen-bond acceptors (Lipinski definition) is 6. The summed E-state index contributed by atoms with van der Waals surface area (Å²) in [5, 5.41) is 3.13. The van der Waals surface area contributed by atoms with Crippen LogP contribution in [0.15, 0.2) is 30.6 Å². The normalized spacial score (nSPS) is 9.94. The van der Waals surface area contributed by atoms with Crippen LogP contribution in [-0.4, -0.2) is 22.1 Å². The first-order valence-electron chi connectivity index (χ1n) is 5.09. The van der Waals surface area contributed by atoms with Gasteiger partial charge in [0.05, 0.1) is 7.11 Å². The summed E-state index contributed by atoms with van der Waals surface area (Å²) in [6.45, 7) is 0.618. The second kappa shape index (κ2) is 5.11. The van der Waals surface area contributed by atoms with Crippen molar-refractivity contribution in [1.29, 1.82) is 0 Å². The Morgan fingerprint density at radius 1 is 1.29 bits per heavy atom. The highest BCUT2D eigenvalue weighted by atomic mass is 16.5. The SMILES string of the molecule is COc1ccc(CNc2ccnc(N)n2)cn1. The van der Waals surface area contributed by atoms with Gasteiger partial charge in [-0.1, -0.05) is 6.07 Å². The number of pyridine rings is 1. The van der Waals surface area contributed by atoms with Gasteiger partial charge in [-0.05, 0) is 11.6 Å². The molecule has 0 aliphatic rings. The molecule has 0 radical (unpaired) electrons. The van der Waals surface area contributed by atoms with Crippen molar-refractivity contribution in [3.8, 4) is 5.88 Å². The largest absolute Gasteiger partial charge is 0.481 e. The van der Waals surface area contributed by atoms with Crippen molar-refractivity contribution in [2.45, 2.75) is 6.54 Å². The Morgan fingerprint density at radius 3 is 2.82 bits per heavy atom. The van der Waals surface area contributed by atoms with Gasteiger partial charge in [0, 0.05) is 25.0 Å². The molecule has 2 aromatic rings. The fourth-order valence-corrected chi connectivity index (χ4v) is 1.30. The summed E-state index contributed by atoms with van der Waals surface area (Å²) < 4.78 is 4.98. The quantitative estimate of drug-likeness (QED) is 0.818. The first kappa shape index (κ1) is 11.1. The Kier molecular flexibility index (Phi) is 3.34. The van der Waals surface area contributed by atoms with Crippen molar-refractivity contribution in [3.63, 3.8) is 0 Å². The first-order valence-corrected chi connectivity index (χ1v) is 5.09. The van der Waals surface area contributed by atoms with E-state index in [1.54, 1.807) is 25.6 Å². The minimum Gasteiger partial charge on any atom is -0.481 e. The van der Waals surface area contributed by atoms with E-state index in [2.05, 4.69) is 20.3 Å². The van der Waals surface area contributed by atoms with Crippen LogP contribution in [0.3, 0.4) is 0 Å². The standard InChI is InChI=1S/C11H13N5O/c1-17-10-3-2-8(7-15-10)6-14-9-4-5-13-11(12)16-9/h2-5,7H,6H2,1H3,(H3,12,13,14,16). The van der Waals surface area contributed by atoms with Gasteiger partial charge in [0.2, 0.25) is 11.8 Å². The van der Waals surface area contributed by atoms with Gasteiger partial charge in [0.25, 0.3) is 0 Å². The maximum absolute atomic E-state index is 5.47. The lowest BCUT2D eigenvalue weighted by Gasteiger charge is -2.06. The molecule has 17 heavy (non-hydrogen) atoms. The molecule has 0 amide bonds. The zero-order chi connectivity index (χ0) is 12.1. The van der Waals surface area contributed by atoms with Crippen LogP contribution in [0.1, 0.15) is 5.56 Å². The maximum Gasteiger partial charge on any atom is 0.221 e. The molecule has 0 aliphatic heterocycles. The van der Waals surface area contributed by atoms with Crippen molar-refractivity contribution in [2.24, 2.45) is 0 Å². The van der Waals surface area contributed by atoms with E-state index in [0.29, 0.717) is 18.2 Å². The average molecular weight is 231 g/mol. The number of nitrogens with one attached hydrogen (secondary N) is 1. The van der Waals surface area contributed by atoms with E-state index in [4.69, 9.17) is 10.5 Å². The summed E-state index contributed by atoms with van der Waals surface area (Å²) in [5.41, 5.74) is 6.50. The van der Waals surface area contributed by atoms with Crippen LogP contribution in [0.4, 0.5) is 11.8 Å². The molecule has 2 rings (SSSR count). The molecule has 0 saturated heterocycles. The summed E-state index contributed by atoms with van der Waals surface area (Å²) in [7, 11) is 1.59. The van der Waals surface area contributed by atoms with Crippen molar-refractivity contribution in [3.05, 3.63) is 36.2 Å². The molecule has 0 saturated carbocycles. The Bertz CT molecular complexity index is 485. The summed E-state index contributed by atoms with van der Waals surface area (Å²) in [6, 6.07) is 5.50. The van der Waals surface area contributed by atoms with Gasteiger partial charge in [0.15, 0.2) is 0 Å². The fraction of sp³-hybridized carbons (Fsp3) is 0.182. The van der Waals surface area contributed by atoms with E-state index in [9.17, 15) is 0 Å². The molecule has 0 unspecified atom stereocenters. The number of rotatable bonds is 4. The number of anilines is 2. The number of hydrogen-bond donors (Lipinski definition) is 2. The summed E-state index contributed by atoms with van der Waals surface area (Å²) in [6.07, 6.45) is 3.35. The zero-order valence-electron chi connectivity index (χ0n) is 9.42. The van der Waals surface area contributed by atoms with Crippen LogP contribution < -0.4 is 15.8 Å². The molecule has 0 aliphatic carbocycles. The van der Waals surface area contributed by atoms with E-state index in [0.717, 1.165) is 5.56 Å². The Hall–Kier alpha value is -2.37. The molecule has 6 heteroatoms. The number of nitrogens with zero attached hydrogens (tertiary/aromatic N) is 3. The molecular formula is C11H13N5O. The summed E-state index contributed by atoms with van der Waals surface area (Å²) in [5.74, 6) is 1.54. The van der Waals surface area contributed by atoms with E-state index >= 15 is 0 Å². The number of nitrogens with two attached hydrogens (primary N) is 1. The highest BCUT2D eigenvalue weighted by Crippen LogP contribution is 2.09. The lowest BCUT2D eigenvalue weighted by molar-refractivity contribution is 0.397. The maximum atomic E-state index is 5.47. The molecule has 0 atom stereocenters. The molecule has 6 nitrogen and oxygen atoms in total. The van der Waals surface area contributed by atoms with Crippen LogP contribution in [0, 0.1) is 0 Å². The smallest absolute Gasteiger partial charge is 0.221 e. The molecule has 3 N–H and O–H groups in total. The van der Waals surface area contributed by atoms with E-state index < -0.39 is 0 Å². The Labute approximate surface area is 98.9 Å². The molecular weight excluding hydrogens is 218 g/mol. The Balaban J connectivity index is 1.97. The van der Waals surface area contributed by atoms with Gasteiger partial charge in [0.1, 0.15) is 5.82 Å². The zero-order valence-corrected chi connectivity index (χ0v) is 9.42. The minimum atomic E-state index is 0.253.